The number of hydrogen-bond donors (Lipinski definition) is 2. The molecule has 0 aliphatic rings. The van der Waals surface area contributed by atoms with E-state index in [0.717, 1.165) is 6.26 Å². The quantitative estimate of drug-likeness (QED) is 0.832. The van der Waals surface area contributed by atoms with Crippen molar-refractivity contribution in [1.82, 2.24) is 10.0 Å². The number of amides is 1. The molecule has 5 nitrogen and oxygen atoms in total. The number of carbonyl (C=O) groups is 1. The van der Waals surface area contributed by atoms with Gasteiger partial charge in [-0.15, -0.1) is 0 Å². The van der Waals surface area contributed by atoms with Crippen molar-refractivity contribution in [3.8, 4) is 0 Å². The Morgan fingerprint density at radius 3 is 2.26 bits per heavy atom. The Kier molecular flexibility index (Phi) is 6.36. The highest BCUT2D eigenvalue weighted by molar-refractivity contribution is 7.88. The molecule has 0 unspecified atom stereocenters. The van der Waals surface area contributed by atoms with E-state index in [1.807, 2.05) is 58.9 Å². The Morgan fingerprint density at radius 1 is 1.22 bits per heavy atom. The summed E-state index contributed by atoms with van der Waals surface area (Å²) in [6.07, 6.45) is 1.77. The van der Waals surface area contributed by atoms with Crippen molar-refractivity contribution >= 4 is 15.9 Å². The van der Waals surface area contributed by atoms with Gasteiger partial charge in [-0.05, 0) is 36.8 Å². The summed E-state index contributed by atoms with van der Waals surface area (Å²) in [4.78, 5) is 12.5. The summed E-state index contributed by atoms with van der Waals surface area (Å²) in [6, 6.07) is 7.13. The first kappa shape index (κ1) is 19.6. The van der Waals surface area contributed by atoms with E-state index in [9.17, 15) is 13.2 Å². The minimum atomic E-state index is -3.46. The summed E-state index contributed by atoms with van der Waals surface area (Å²) in [7, 11) is -3.46. The van der Waals surface area contributed by atoms with Crippen molar-refractivity contribution < 1.29 is 13.2 Å². The van der Waals surface area contributed by atoms with Crippen LogP contribution in [0.4, 0.5) is 0 Å². The molecule has 0 spiro atoms. The van der Waals surface area contributed by atoms with Crippen LogP contribution in [-0.4, -0.2) is 32.7 Å². The van der Waals surface area contributed by atoms with E-state index < -0.39 is 21.5 Å². The van der Waals surface area contributed by atoms with Gasteiger partial charge in [-0.1, -0.05) is 45.0 Å². The van der Waals surface area contributed by atoms with Gasteiger partial charge in [-0.3, -0.25) is 4.79 Å². The number of nitrogens with one attached hydrogen (secondary N) is 2. The number of carbonyl (C=O) groups excluding carboxylic acids is 1. The highest BCUT2D eigenvalue weighted by Gasteiger charge is 2.34. The van der Waals surface area contributed by atoms with E-state index in [4.69, 9.17) is 0 Å². The van der Waals surface area contributed by atoms with Crippen LogP contribution in [0.15, 0.2) is 24.3 Å². The summed E-state index contributed by atoms with van der Waals surface area (Å²) in [5.74, 6) is -0.302. The maximum absolute atomic E-state index is 12.5. The van der Waals surface area contributed by atoms with Crippen LogP contribution in [0.1, 0.15) is 38.8 Å². The average molecular weight is 340 g/mol. The molecule has 0 heterocycles. The molecule has 0 aromatic heterocycles. The van der Waals surface area contributed by atoms with Crippen molar-refractivity contribution in [2.45, 2.75) is 53.1 Å². The molecule has 0 radical (unpaired) electrons. The molecule has 0 aliphatic heterocycles. The van der Waals surface area contributed by atoms with Crippen molar-refractivity contribution in [3.05, 3.63) is 35.4 Å². The van der Waals surface area contributed by atoms with Gasteiger partial charge in [-0.25, -0.2) is 13.1 Å². The number of aryl methyl sites for hydroxylation is 1. The fraction of sp³-hybridized carbons (Fsp3) is 0.588. The van der Waals surface area contributed by atoms with Crippen molar-refractivity contribution in [2.75, 3.05) is 6.26 Å². The summed E-state index contributed by atoms with van der Waals surface area (Å²) < 4.78 is 25.5. The van der Waals surface area contributed by atoms with E-state index in [-0.39, 0.29) is 11.9 Å². The predicted molar refractivity (Wildman–Crippen MR) is 93.7 cm³/mol. The molecule has 6 heteroatoms. The van der Waals surface area contributed by atoms with Crippen LogP contribution in [0.5, 0.6) is 0 Å². The van der Waals surface area contributed by atoms with E-state index in [0.29, 0.717) is 6.42 Å². The van der Waals surface area contributed by atoms with Gasteiger partial charge in [0.1, 0.15) is 6.04 Å². The second kappa shape index (κ2) is 7.45. The fourth-order valence-electron chi connectivity index (χ4n) is 2.38. The van der Waals surface area contributed by atoms with Gasteiger partial charge in [0.2, 0.25) is 15.9 Å². The Labute approximate surface area is 139 Å². The Balaban J connectivity index is 2.80. The van der Waals surface area contributed by atoms with E-state index in [2.05, 4.69) is 10.0 Å². The van der Waals surface area contributed by atoms with Gasteiger partial charge in [-0.2, -0.15) is 0 Å². The topological polar surface area (TPSA) is 75.3 Å². The first-order chi connectivity index (χ1) is 10.4. The molecule has 0 aliphatic carbocycles. The standard InChI is InChI=1S/C17H28N2O3S/c1-12-9-7-8-10-14(12)11-13(2)18-16(20)15(17(3,4)5)19-23(6,21)22/h7-10,13,15,19H,11H2,1-6H3,(H,18,20)/t13-,15-/m0/s1. The summed E-state index contributed by atoms with van der Waals surface area (Å²) in [6.45, 7) is 9.46. The lowest BCUT2D eigenvalue weighted by Gasteiger charge is -2.30. The summed E-state index contributed by atoms with van der Waals surface area (Å²) >= 11 is 0. The van der Waals surface area contributed by atoms with E-state index in [1.165, 1.54) is 11.1 Å². The van der Waals surface area contributed by atoms with Crippen LogP contribution in [-0.2, 0) is 21.2 Å². The van der Waals surface area contributed by atoms with Gasteiger partial charge in [0, 0.05) is 6.04 Å². The SMILES string of the molecule is Cc1ccccc1C[C@H](C)NC(=O)[C@H](NS(C)(=O)=O)C(C)(C)C. The number of rotatable bonds is 6. The Morgan fingerprint density at radius 2 is 1.78 bits per heavy atom. The van der Waals surface area contributed by atoms with Crippen LogP contribution in [0.2, 0.25) is 0 Å². The van der Waals surface area contributed by atoms with Crippen molar-refractivity contribution in [3.63, 3.8) is 0 Å². The van der Waals surface area contributed by atoms with E-state index in [1.54, 1.807) is 0 Å². The lowest BCUT2D eigenvalue weighted by atomic mass is 9.86. The second-order valence-corrected chi connectivity index (χ2v) is 9.01. The van der Waals surface area contributed by atoms with Gasteiger partial charge in [0.05, 0.1) is 6.26 Å². The molecule has 0 fully saturated rings. The monoisotopic (exact) mass is 340 g/mol. The van der Waals surface area contributed by atoms with Crippen LogP contribution < -0.4 is 10.0 Å². The van der Waals surface area contributed by atoms with Crippen LogP contribution in [0.3, 0.4) is 0 Å². The minimum absolute atomic E-state index is 0.0881. The molecule has 2 N–H and O–H groups in total. The maximum Gasteiger partial charge on any atom is 0.238 e. The molecule has 2 atom stereocenters. The third kappa shape index (κ3) is 6.71. The predicted octanol–water partition coefficient (Wildman–Crippen LogP) is 2.01. The van der Waals surface area contributed by atoms with Gasteiger partial charge >= 0.3 is 0 Å². The molecule has 1 rings (SSSR count). The fourth-order valence-corrected chi connectivity index (χ4v) is 3.27. The summed E-state index contributed by atoms with van der Waals surface area (Å²) in [5, 5.41) is 2.92. The molecular formula is C17H28N2O3S. The number of hydrogen-bond acceptors (Lipinski definition) is 3. The number of sulfonamides is 1. The lowest BCUT2D eigenvalue weighted by molar-refractivity contribution is -0.125. The molecule has 1 aromatic carbocycles. The third-order valence-corrected chi connectivity index (χ3v) is 4.30. The van der Waals surface area contributed by atoms with Crippen LogP contribution in [0, 0.1) is 12.3 Å². The first-order valence-electron chi connectivity index (χ1n) is 7.72. The van der Waals surface area contributed by atoms with Crippen molar-refractivity contribution in [2.24, 2.45) is 5.41 Å². The number of benzene rings is 1. The van der Waals surface area contributed by atoms with Crippen LogP contribution >= 0.6 is 0 Å². The highest BCUT2D eigenvalue weighted by atomic mass is 32.2. The normalized spacial score (nSPS) is 15.0. The minimum Gasteiger partial charge on any atom is -0.352 e. The molecule has 1 aromatic rings. The van der Waals surface area contributed by atoms with Crippen molar-refractivity contribution in [1.29, 1.82) is 0 Å². The highest BCUT2D eigenvalue weighted by Crippen LogP contribution is 2.20. The first-order valence-corrected chi connectivity index (χ1v) is 9.61. The molecule has 0 saturated carbocycles. The molecule has 0 bridgehead atoms. The zero-order valence-electron chi connectivity index (χ0n) is 14.8. The molecule has 0 saturated heterocycles. The van der Waals surface area contributed by atoms with E-state index >= 15 is 0 Å². The zero-order chi connectivity index (χ0) is 17.8. The largest absolute Gasteiger partial charge is 0.352 e. The van der Waals surface area contributed by atoms with Crippen LogP contribution in [0.25, 0.3) is 0 Å². The molecule has 23 heavy (non-hydrogen) atoms. The molecule has 1 amide bonds. The second-order valence-electron chi connectivity index (χ2n) is 7.23. The Bertz CT molecular complexity index is 648. The van der Waals surface area contributed by atoms with Gasteiger partial charge < -0.3 is 5.32 Å². The third-order valence-electron chi connectivity index (χ3n) is 3.64. The average Bonchev–Trinajstić information content (AvgIpc) is 2.36. The van der Waals surface area contributed by atoms with Gasteiger partial charge in [0.25, 0.3) is 0 Å². The smallest absolute Gasteiger partial charge is 0.238 e. The molecule has 130 valence electrons. The van der Waals surface area contributed by atoms with Gasteiger partial charge in [0.15, 0.2) is 0 Å². The molecular weight excluding hydrogens is 312 g/mol. The Hall–Kier alpha value is -1.40. The maximum atomic E-state index is 12.5. The zero-order valence-corrected chi connectivity index (χ0v) is 15.6. The lowest BCUT2D eigenvalue weighted by Crippen LogP contribution is -2.55. The summed E-state index contributed by atoms with van der Waals surface area (Å²) in [5.41, 5.74) is 1.83.